The first kappa shape index (κ1) is 29.3. The third-order valence-electron chi connectivity index (χ3n) is 4.73. The van der Waals surface area contributed by atoms with Gasteiger partial charge in [-0.3, -0.25) is 9.59 Å². The molecular weight excluding hydrogens is 452 g/mol. The molecule has 0 bridgehead atoms. The number of carbonyl (C=O) groups is 3. The normalized spacial score (nSPS) is 16.9. The molecule has 192 valence electrons. The zero-order valence-electron chi connectivity index (χ0n) is 19.8. The summed E-state index contributed by atoms with van der Waals surface area (Å²) in [5.41, 5.74) is -1.56. The number of esters is 1. The van der Waals surface area contributed by atoms with Crippen molar-refractivity contribution in [2.45, 2.75) is 70.9 Å². The molecule has 0 radical (unpaired) electrons. The van der Waals surface area contributed by atoms with Gasteiger partial charge in [-0.1, -0.05) is 30.3 Å². The van der Waals surface area contributed by atoms with Crippen molar-refractivity contribution >= 4 is 18.0 Å². The van der Waals surface area contributed by atoms with Crippen LogP contribution in [-0.4, -0.2) is 84.8 Å². The highest BCUT2D eigenvalue weighted by Crippen LogP contribution is 2.25. The zero-order chi connectivity index (χ0) is 26.3. The van der Waals surface area contributed by atoms with Gasteiger partial charge >= 0.3 is 12.1 Å². The molecule has 12 heteroatoms. The number of hydrogen-bond acceptors (Lipinski definition) is 10. The number of hydrazine groups is 1. The van der Waals surface area contributed by atoms with Gasteiger partial charge in [-0.2, -0.15) is 0 Å². The number of benzene rings is 1. The summed E-state index contributed by atoms with van der Waals surface area (Å²) in [4.78, 5) is 38.1. The summed E-state index contributed by atoms with van der Waals surface area (Å²) >= 11 is 0. The second kappa shape index (κ2) is 12.1. The minimum Gasteiger partial charge on any atom is -0.460 e. The van der Waals surface area contributed by atoms with Crippen LogP contribution in [0.1, 0.15) is 40.2 Å². The van der Waals surface area contributed by atoms with Crippen molar-refractivity contribution < 1.29 is 49.4 Å². The minimum absolute atomic E-state index is 0.101. The third kappa shape index (κ3) is 7.64. The number of amides is 2. The number of aliphatic hydroxyl groups is 5. The zero-order valence-corrected chi connectivity index (χ0v) is 19.8. The lowest BCUT2D eigenvalue weighted by Crippen LogP contribution is -2.73. The molecule has 5 unspecified atom stereocenters. The van der Waals surface area contributed by atoms with Crippen LogP contribution in [0.5, 0.6) is 0 Å². The molecule has 5 atom stereocenters. The second-order valence-electron chi connectivity index (χ2n) is 8.76. The highest BCUT2D eigenvalue weighted by molar-refractivity contribution is 5.98. The van der Waals surface area contributed by atoms with E-state index in [1.54, 1.807) is 30.3 Å². The number of nitrogens with zero attached hydrogens (tertiary/aromatic N) is 1. The van der Waals surface area contributed by atoms with Gasteiger partial charge in [-0.15, -0.1) is 0 Å². The predicted molar refractivity (Wildman–Crippen MR) is 117 cm³/mol. The van der Waals surface area contributed by atoms with E-state index in [0.717, 1.165) is 13.8 Å². The van der Waals surface area contributed by atoms with Crippen molar-refractivity contribution in [2.24, 2.45) is 5.92 Å². The van der Waals surface area contributed by atoms with Gasteiger partial charge in [0.2, 0.25) is 5.72 Å². The summed E-state index contributed by atoms with van der Waals surface area (Å²) in [5, 5.41) is 50.9. The molecule has 34 heavy (non-hydrogen) atoms. The molecule has 0 aliphatic carbocycles. The first-order chi connectivity index (χ1) is 15.6. The Labute approximate surface area is 197 Å². The topological polar surface area (TPSA) is 186 Å². The average molecular weight is 487 g/mol. The Balaban J connectivity index is 3.26. The molecule has 0 spiro atoms. The number of carbonyl (C=O) groups excluding carboxylic acids is 3. The van der Waals surface area contributed by atoms with E-state index in [-0.39, 0.29) is 11.6 Å². The summed E-state index contributed by atoms with van der Waals surface area (Å²) in [6.07, 6.45) is -7.66. The van der Waals surface area contributed by atoms with Crippen molar-refractivity contribution in [1.82, 2.24) is 10.4 Å². The number of rotatable bonds is 9. The van der Waals surface area contributed by atoms with Gasteiger partial charge < -0.3 is 35.0 Å². The van der Waals surface area contributed by atoms with Crippen LogP contribution in [0.4, 0.5) is 4.79 Å². The molecular formula is C22H34N2O10. The van der Waals surface area contributed by atoms with Gasteiger partial charge in [-0.05, 0) is 40.2 Å². The molecule has 0 fully saturated rings. The van der Waals surface area contributed by atoms with Crippen LogP contribution in [0, 0.1) is 5.92 Å². The van der Waals surface area contributed by atoms with Crippen LogP contribution in [-0.2, 0) is 25.7 Å². The first-order valence-electron chi connectivity index (χ1n) is 10.6. The molecule has 0 aromatic heterocycles. The molecule has 1 rings (SSSR count). The molecule has 0 heterocycles. The lowest BCUT2D eigenvalue weighted by Gasteiger charge is -2.45. The Morgan fingerprint density at radius 1 is 1.06 bits per heavy atom. The molecule has 0 saturated heterocycles. The van der Waals surface area contributed by atoms with E-state index in [1.807, 2.05) is 5.43 Å². The average Bonchev–Trinajstić information content (AvgIpc) is 2.77. The number of ether oxygens (including phenoxy) is 2. The Morgan fingerprint density at radius 2 is 1.62 bits per heavy atom. The van der Waals surface area contributed by atoms with E-state index >= 15 is 0 Å². The lowest BCUT2D eigenvalue weighted by molar-refractivity contribution is -0.258. The van der Waals surface area contributed by atoms with E-state index in [0.29, 0.717) is 5.56 Å². The Kier molecular flexibility index (Phi) is 10.4. The van der Waals surface area contributed by atoms with E-state index in [4.69, 9.17) is 9.47 Å². The Hall–Kier alpha value is -2.77. The van der Waals surface area contributed by atoms with Crippen LogP contribution < -0.4 is 5.43 Å². The first-order valence-corrected chi connectivity index (χ1v) is 10.6. The molecule has 0 aliphatic heterocycles. The quantitative estimate of drug-likeness (QED) is 0.114. The smallest absolute Gasteiger partial charge is 0.426 e. The number of aliphatic hydroxyl groups excluding tert-OH is 4. The second-order valence-corrected chi connectivity index (χ2v) is 8.76. The largest absolute Gasteiger partial charge is 0.460 e. The maximum Gasteiger partial charge on any atom is 0.426 e. The van der Waals surface area contributed by atoms with Crippen LogP contribution in [0.3, 0.4) is 0 Å². The van der Waals surface area contributed by atoms with Crippen molar-refractivity contribution in [1.29, 1.82) is 0 Å². The van der Waals surface area contributed by atoms with Crippen molar-refractivity contribution in [3.63, 3.8) is 0 Å². The molecule has 1 aromatic carbocycles. The monoisotopic (exact) mass is 486 g/mol. The van der Waals surface area contributed by atoms with Gasteiger partial charge in [0, 0.05) is 0 Å². The molecule has 6 N–H and O–H groups in total. The molecule has 0 aliphatic rings. The summed E-state index contributed by atoms with van der Waals surface area (Å²) in [5.74, 6) is -3.96. The van der Waals surface area contributed by atoms with Crippen LogP contribution >= 0.6 is 0 Å². The summed E-state index contributed by atoms with van der Waals surface area (Å²) in [6, 6.07) is 8.59. The number of hydrogen-bond donors (Lipinski definition) is 6. The lowest BCUT2D eigenvalue weighted by atomic mass is 9.94. The van der Waals surface area contributed by atoms with Crippen molar-refractivity contribution in [2.75, 3.05) is 6.61 Å². The minimum atomic E-state index is -3.08. The Bertz CT molecular complexity index is 827. The fourth-order valence-corrected chi connectivity index (χ4v) is 2.81. The molecule has 1 aromatic rings. The van der Waals surface area contributed by atoms with Crippen molar-refractivity contribution in [3.8, 4) is 0 Å². The standard InChI is InChI=1S/C22H34N2O10/c1-13(19(30)33-12-15-9-7-6-8-10-15)18(29)24(23-20(31)34-21(3,4)5)22(32,14(2)26)17(28)16(27)11-25/h6-10,13-14,16-17,25-28,32H,11-12H2,1-5H3,(H,23,31). The number of nitrogens with one attached hydrogen (secondary N) is 1. The fourth-order valence-electron chi connectivity index (χ4n) is 2.81. The van der Waals surface area contributed by atoms with E-state index in [1.165, 1.54) is 20.8 Å². The Morgan fingerprint density at radius 3 is 2.09 bits per heavy atom. The summed E-state index contributed by atoms with van der Waals surface area (Å²) in [7, 11) is 0. The van der Waals surface area contributed by atoms with Crippen molar-refractivity contribution in [3.05, 3.63) is 35.9 Å². The highest BCUT2D eigenvalue weighted by Gasteiger charge is 2.53. The maximum atomic E-state index is 13.2. The third-order valence-corrected chi connectivity index (χ3v) is 4.73. The van der Waals surface area contributed by atoms with Gasteiger partial charge in [-0.25, -0.2) is 15.2 Å². The fraction of sp³-hybridized carbons (Fsp3) is 0.591. The predicted octanol–water partition coefficient (Wildman–Crippen LogP) is -0.582. The van der Waals surface area contributed by atoms with Crippen LogP contribution in [0.2, 0.25) is 0 Å². The summed E-state index contributed by atoms with van der Waals surface area (Å²) in [6.45, 7) is 5.43. The molecule has 0 saturated carbocycles. The SMILES string of the molecule is CC(C(=O)OCc1ccccc1)C(=O)N(NC(=O)OC(C)(C)C)C(O)(C(C)O)C(O)C(O)CO. The van der Waals surface area contributed by atoms with Crippen LogP contribution in [0.25, 0.3) is 0 Å². The summed E-state index contributed by atoms with van der Waals surface area (Å²) < 4.78 is 10.2. The van der Waals surface area contributed by atoms with E-state index in [9.17, 15) is 39.9 Å². The van der Waals surface area contributed by atoms with E-state index in [2.05, 4.69) is 0 Å². The van der Waals surface area contributed by atoms with E-state index < -0.39 is 60.1 Å². The van der Waals surface area contributed by atoms with Gasteiger partial charge in [0.05, 0.1) is 6.61 Å². The highest BCUT2D eigenvalue weighted by atomic mass is 16.6. The van der Waals surface area contributed by atoms with Gasteiger partial charge in [0.1, 0.15) is 36.4 Å². The van der Waals surface area contributed by atoms with Gasteiger partial charge in [0.25, 0.3) is 5.91 Å². The van der Waals surface area contributed by atoms with Crippen LogP contribution in [0.15, 0.2) is 30.3 Å². The maximum absolute atomic E-state index is 13.2. The molecule has 12 nitrogen and oxygen atoms in total. The molecule has 2 amide bonds. The van der Waals surface area contributed by atoms with Gasteiger partial charge in [0.15, 0.2) is 0 Å².